The van der Waals surface area contributed by atoms with Gasteiger partial charge in [-0.05, 0) is 31.4 Å². The van der Waals surface area contributed by atoms with Gasteiger partial charge in [-0.3, -0.25) is 0 Å². The summed E-state index contributed by atoms with van der Waals surface area (Å²) in [6.07, 6.45) is -6.41. The van der Waals surface area contributed by atoms with Gasteiger partial charge in [0.15, 0.2) is 9.84 Å². The second-order valence-electron chi connectivity index (χ2n) is 5.46. The maximum Gasteiger partial charge on any atom is 0.458 e. The second-order valence-corrected chi connectivity index (χ2v) is 7.77. The molecular weight excluding hydrogens is 371 g/mol. The molecule has 0 spiro atoms. The van der Waals surface area contributed by atoms with Gasteiger partial charge >= 0.3 is 18.1 Å². The number of benzene rings is 1. The van der Waals surface area contributed by atoms with Crippen LogP contribution in [0.3, 0.4) is 0 Å². The van der Waals surface area contributed by atoms with E-state index in [0.29, 0.717) is 6.07 Å². The van der Waals surface area contributed by atoms with Crippen molar-refractivity contribution in [1.82, 2.24) is 0 Å². The van der Waals surface area contributed by atoms with Crippen molar-refractivity contribution >= 4 is 15.8 Å². The van der Waals surface area contributed by atoms with Crippen molar-refractivity contribution in [1.29, 1.82) is 0 Å². The Kier molecular flexibility index (Phi) is 5.88. The number of hydrogen-bond acceptors (Lipinski definition) is 3. The van der Waals surface area contributed by atoms with Crippen LogP contribution in [0.5, 0.6) is 0 Å². The van der Waals surface area contributed by atoms with Crippen LogP contribution in [0.15, 0.2) is 17.0 Å². The average Bonchev–Trinajstić information content (AvgIpc) is 2.50. The molecule has 0 bridgehead atoms. The van der Waals surface area contributed by atoms with Gasteiger partial charge in [0.2, 0.25) is 0 Å². The van der Waals surface area contributed by atoms with Gasteiger partial charge in [0.1, 0.15) is 0 Å². The average molecular weight is 388 g/mol. The molecule has 1 aromatic carbocycles. The van der Waals surface area contributed by atoms with Gasteiger partial charge in [-0.25, -0.2) is 13.2 Å². The molecule has 0 unspecified atom stereocenters. The number of carboxylic acid groups (broad SMARTS) is 1. The van der Waals surface area contributed by atoms with Crippen LogP contribution < -0.4 is 0 Å². The molecular formula is C15H17F5O4S. The SMILES string of the molecule is CCc1c(C(=O)O)ccc(C(F)(F)C(F)(F)F)c1S(=O)(=O)[C@@H](C)CC. The third kappa shape index (κ3) is 3.63. The number of rotatable bonds is 6. The molecule has 25 heavy (non-hydrogen) atoms. The Bertz CT molecular complexity index is 769. The van der Waals surface area contributed by atoms with Crippen LogP contribution in [0.25, 0.3) is 0 Å². The highest BCUT2D eigenvalue weighted by atomic mass is 32.2. The number of carbonyl (C=O) groups is 1. The highest BCUT2D eigenvalue weighted by Crippen LogP contribution is 2.47. The minimum Gasteiger partial charge on any atom is -0.478 e. The molecule has 0 saturated heterocycles. The second kappa shape index (κ2) is 6.89. The molecule has 0 aliphatic carbocycles. The van der Waals surface area contributed by atoms with Crippen LogP contribution in [-0.4, -0.2) is 30.9 Å². The molecule has 142 valence electrons. The Morgan fingerprint density at radius 3 is 2.04 bits per heavy atom. The predicted molar refractivity (Wildman–Crippen MR) is 79.7 cm³/mol. The molecule has 0 radical (unpaired) electrons. The molecule has 0 aliphatic heterocycles. The lowest BCUT2D eigenvalue weighted by Gasteiger charge is -2.26. The molecule has 0 amide bonds. The predicted octanol–water partition coefficient (Wildman–Crippen LogP) is 4.17. The van der Waals surface area contributed by atoms with Crippen molar-refractivity contribution in [2.45, 2.75) is 55.9 Å². The first-order valence-electron chi connectivity index (χ1n) is 7.31. The van der Waals surface area contributed by atoms with Crippen molar-refractivity contribution in [2.24, 2.45) is 0 Å². The normalized spacial score (nSPS) is 14.4. The summed E-state index contributed by atoms with van der Waals surface area (Å²) in [5, 5.41) is 7.87. The monoisotopic (exact) mass is 388 g/mol. The quantitative estimate of drug-likeness (QED) is 0.743. The van der Waals surface area contributed by atoms with E-state index in [1.807, 2.05) is 0 Å². The maximum atomic E-state index is 13.9. The zero-order valence-corrected chi connectivity index (χ0v) is 14.4. The van der Waals surface area contributed by atoms with Crippen molar-refractivity contribution < 1.29 is 40.3 Å². The summed E-state index contributed by atoms with van der Waals surface area (Å²) in [6.45, 7) is 3.88. The molecule has 1 aromatic rings. The van der Waals surface area contributed by atoms with E-state index < -0.39 is 54.7 Å². The molecule has 4 nitrogen and oxygen atoms in total. The van der Waals surface area contributed by atoms with Crippen molar-refractivity contribution in [3.63, 3.8) is 0 Å². The smallest absolute Gasteiger partial charge is 0.458 e. The van der Waals surface area contributed by atoms with Gasteiger partial charge in [0.25, 0.3) is 0 Å². The lowest BCUT2D eigenvalue weighted by molar-refractivity contribution is -0.290. The summed E-state index contributed by atoms with van der Waals surface area (Å²) in [5.41, 5.74) is -2.93. The van der Waals surface area contributed by atoms with Crippen LogP contribution in [0.4, 0.5) is 22.0 Å². The Hall–Kier alpha value is -1.71. The van der Waals surface area contributed by atoms with Gasteiger partial charge in [-0.1, -0.05) is 19.9 Å². The highest BCUT2D eigenvalue weighted by Gasteiger charge is 2.60. The van der Waals surface area contributed by atoms with Crippen molar-refractivity contribution in [3.8, 4) is 0 Å². The number of hydrogen-bond donors (Lipinski definition) is 1. The molecule has 0 aromatic heterocycles. The molecule has 0 heterocycles. The Balaban J connectivity index is 4.04. The molecule has 10 heteroatoms. The lowest BCUT2D eigenvalue weighted by Crippen LogP contribution is -2.36. The first-order chi connectivity index (χ1) is 11.2. The van der Waals surface area contributed by atoms with E-state index in [1.54, 1.807) is 0 Å². The first kappa shape index (κ1) is 21.3. The third-order valence-corrected chi connectivity index (χ3v) is 6.36. The number of halogens is 5. The van der Waals surface area contributed by atoms with E-state index in [0.717, 1.165) is 6.92 Å². The Morgan fingerprint density at radius 1 is 1.16 bits per heavy atom. The third-order valence-electron chi connectivity index (χ3n) is 3.93. The summed E-state index contributed by atoms with van der Waals surface area (Å²) < 4.78 is 91.5. The fourth-order valence-electron chi connectivity index (χ4n) is 2.32. The van der Waals surface area contributed by atoms with E-state index in [4.69, 9.17) is 5.11 Å². The van der Waals surface area contributed by atoms with Gasteiger partial charge in [-0.15, -0.1) is 0 Å². The minimum absolute atomic E-state index is 0.0418. The number of sulfone groups is 1. The molecule has 0 aliphatic rings. The van der Waals surface area contributed by atoms with E-state index in [1.165, 1.54) is 13.8 Å². The fraction of sp³-hybridized carbons (Fsp3) is 0.533. The molecule has 1 rings (SSSR count). The molecule has 1 atom stereocenters. The van der Waals surface area contributed by atoms with Crippen LogP contribution in [-0.2, 0) is 22.2 Å². The van der Waals surface area contributed by atoms with Gasteiger partial charge in [0, 0.05) is 5.56 Å². The summed E-state index contributed by atoms with van der Waals surface area (Å²) in [4.78, 5) is 10.0. The molecule has 1 N–H and O–H groups in total. The fourth-order valence-corrected chi connectivity index (χ4v) is 4.27. The van der Waals surface area contributed by atoms with E-state index in [9.17, 15) is 35.2 Å². The maximum absolute atomic E-state index is 13.9. The minimum atomic E-state index is -6.03. The summed E-state index contributed by atoms with van der Waals surface area (Å²) in [5.74, 6) is -7.05. The van der Waals surface area contributed by atoms with E-state index >= 15 is 0 Å². The van der Waals surface area contributed by atoms with Crippen LogP contribution >= 0.6 is 0 Å². The molecule has 0 fully saturated rings. The number of aromatic carboxylic acids is 1. The summed E-state index contributed by atoms with van der Waals surface area (Å²) in [6, 6.07) is 0.803. The molecule has 0 saturated carbocycles. The summed E-state index contributed by atoms with van der Waals surface area (Å²) in [7, 11) is -4.61. The van der Waals surface area contributed by atoms with Crippen LogP contribution in [0.1, 0.15) is 48.7 Å². The number of alkyl halides is 5. The lowest BCUT2D eigenvalue weighted by atomic mass is 9.98. The standard InChI is InChI=1S/C15H17F5O4S/c1-4-8(3)25(23,24)12-9(5-2)10(13(21)22)6-7-11(12)14(16,17)15(18,19)20/h6-8H,4-5H2,1-3H3,(H,21,22)/t8-/m0/s1. The zero-order valence-electron chi connectivity index (χ0n) is 13.6. The van der Waals surface area contributed by atoms with E-state index in [-0.39, 0.29) is 18.9 Å². The van der Waals surface area contributed by atoms with Gasteiger partial charge < -0.3 is 5.11 Å². The Morgan fingerprint density at radius 2 is 1.68 bits per heavy atom. The highest BCUT2D eigenvalue weighted by molar-refractivity contribution is 7.92. The zero-order chi connectivity index (χ0) is 19.8. The Labute approximate surface area is 141 Å². The largest absolute Gasteiger partial charge is 0.478 e. The summed E-state index contributed by atoms with van der Waals surface area (Å²) >= 11 is 0. The van der Waals surface area contributed by atoms with Gasteiger partial charge in [0.05, 0.1) is 15.7 Å². The van der Waals surface area contributed by atoms with E-state index in [2.05, 4.69) is 0 Å². The number of carboxylic acids is 1. The van der Waals surface area contributed by atoms with Crippen LogP contribution in [0.2, 0.25) is 0 Å². The first-order valence-corrected chi connectivity index (χ1v) is 8.86. The topological polar surface area (TPSA) is 71.4 Å². The van der Waals surface area contributed by atoms with Crippen LogP contribution in [0, 0.1) is 0 Å². The van der Waals surface area contributed by atoms with Crippen molar-refractivity contribution in [2.75, 3.05) is 0 Å². The van der Waals surface area contributed by atoms with Gasteiger partial charge in [-0.2, -0.15) is 22.0 Å². The van der Waals surface area contributed by atoms with Crippen molar-refractivity contribution in [3.05, 3.63) is 28.8 Å².